The summed E-state index contributed by atoms with van der Waals surface area (Å²) in [5.41, 5.74) is 0.972. The van der Waals surface area contributed by atoms with E-state index in [0.717, 1.165) is 41.5 Å². The zero-order valence-corrected chi connectivity index (χ0v) is 13.9. The second-order valence-electron chi connectivity index (χ2n) is 5.76. The summed E-state index contributed by atoms with van der Waals surface area (Å²) < 4.78 is 0. The van der Waals surface area contributed by atoms with Gasteiger partial charge in [-0.25, -0.2) is 4.98 Å². The quantitative estimate of drug-likeness (QED) is 0.904. The number of aromatic nitrogens is 2. The molecular weight excluding hydrogens is 300 g/mol. The molecule has 3 heterocycles. The first-order valence-corrected chi connectivity index (χ1v) is 8.24. The van der Waals surface area contributed by atoms with E-state index in [-0.39, 0.29) is 11.5 Å². The Bertz CT molecular complexity index is 772. The zero-order chi connectivity index (χ0) is 15.9. The summed E-state index contributed by atoms with van der Waals surface area (Å²) in [5.74, 6) is 0.826. The first kappa shape index (κ1) is 15.2. The van der Waals surface area contributed by atoms with Crippen LogP contribution in [0.5, 0.6) is 0 Å². The molecule has 6 nitrogen and oxygen atoms in total. The number of nitrogens with one attached hydrogen (secondary N) is 1. The summed E-state index contributed by atoms with van der Waals surface area (Å²) in [4.78, 5) is 37.1. The molecule has 0 atom stereocenters. The minimum absolute atomic E-state index is 0.0516. The Kier molecular flexibility index (Phi) is 4.01. The molecule has 1 N–H and O–H groups in total. The smallest absolute Gasteiger partial charge is 0.259 e. The van der Waals surface area contributed by atoms with Crippen LogP contribution < -0.4 is 5.56 Å². The maximum absolute atomic E-state index is 12.3. The number of nitrogens with zero attached hydrogens (tertiary/aromatic N) is 3. The van der Waals surface area contributed by atoms with E-state index in [0.29, 0.717) is 17.8 Å². The van der Waals surface area contributed by atoms with Gasteiger partial charge in [0.15, 0.2) is 0 Å². The number of H-pyrrole nitrogens is 1. The van der Waals surface area contributed by atoms with Crippen LogP contribution in [0.25, 0.3) is 10.2 Å². The molecular formula is C15H20N4O2S. The maximum atomic E-state index is 12.3. The number of thiophene rings is 1. The Morgan fingerprint density at radius 3 is 2.59 bits per heavy atom. The summed E-state index contributed by atoms with van der Waals surface area (Å²) in [6.45, 7) is 9.29. The van der Waals surface area contributed by atoms with E-state index < -0.39 is 0 Å². The van der Waals surface area contributed by atoms with Gasteiger partial charge in [-0.15, -0.1) is 11.3 Å². The Hall–Kier alpha value is -1.73. The van der Waals surface area contributed by atoms with E-state index in [1.807, 2.05) is 18.7 Å². The normalized spacial score (nSPS) is 16.4. The lowest BCUT2D eigenvalue weighted by molar-refractivity contribution is -0.130. The van der Waals surface area contributed by atoms with E-state index in [2.05, 4.69) is 14.9 Å². The highest BCUT2D eigenvalue weighted by molar-refractivity contribution is 7.18. The summed E-state index contributed by atoms with van der Waals surface area (Å²) in [6.07, 6.45) is 0. The lowest BCUT2D eigenvalue weighted by atomic mass is 10.2. The van der Waals surface area contributed by atoms with Gasteiger partial charge in [-0.2, -0.15) is 0 Å². The Morgan fingerprint density at radius 1 is 1.27 bits per heavy atom. The van der Waals surface area contributed by atoms with E-state index in [9.17, 15) is 9.59 Å². The second kappa shape index (κ2) is 5.81. The van der Waals surface area contributed by atoms with Gasteiger partial charge in [0.2, 0.25) is 5.91 Å². The number of amides is 1. The van der Waals surface area contributed by atoms with Crippen LogP contribution in [-0.4, -0.2) is 51.9 Å². The third-order valence-electron chi connectivity index (χ3n) is 4.28. The van der Waals surface area contributed by atoms with Crippen molar-refractivity contribution in [3.63, 3.8) is 0 Å². The standard InChI is InChI=1S/C15H20N4O2S/c1-9-10(2)22-15-13(9)14(21)16-12(17-15)8-18-4-6-19(7-5-18)11(3)20/h4-8H2,1-3H3,(H,16,17,21). The Morgan fingerprint density at radius 2 is 1.95 bits per heavy atom. The van der Waals surface area contributed by atoms with Gasteiger partial charge in [-0.3, -0.25) is 14.5 Å². The highest BCUT2D eigenvalue weighted by atomic mass is 32.1. The fraction of sp³-hybridized carbons (Fsp3) is 0.533. The molecule has 3 rings (SSSR count). The number of aromatic amines is 1. The molecule has 0 spiro atoms. The minimum Gasteiger partial charge on any atom is -0.340 e. The van der Waals surface area contributed by atoms with Crippen LogP contribution in [0.2, 0.25) is 0 Å². The maximum Gasteiger partial charge on any atom is 0.259 e. The van der Waals surface area contributed by atoms with Crippen LogP contribution in [0.3, 0.4) is 0 Å². The molecule has 1 aliphatic heterocycles. The monoisotopic (exact) mass is 320 g/mol. The van der Waals surface area contributed by atoms with Crippen molar-refractivity contribution in [1.82, 2.24) is 19.8 Å². The molecule has 1 amide bonds. The molecule has 22 heavy (non-hydrogen) atoms. The average molecular weight is 320 g/mol. The largest absolute Gasteiger partial charge is 0.340 e. The molecule has 0 saturated carbocycles. The molecule has 1 fully saturated rings. The lowest BCUT2D eigenvalue weighted by Gasteiger charge is -2.33. The molecule has 2 aromatic heterocycles. The highest BCUT2D eigenvalue weighted by Crippen LogP contribution is 2.25. The number of carbonyl (C=O) groups excluding carboxylic acids is 1. The first-order chi connectivity index (χ1) is 10.5. The molecule has 118 valence electrons. The molecule has 1 aliphatic rings. The second-order valence-corrected chi connectivity index (χ2v) is 6.96. The highest BCUT2D eigenvalue weighted by Gasteiger charge is 2.20. The lowest BCUT2D eigenvalue weighted by Crippen LogP contribution is -2.47. The SMILES string of the molecule is CC(=O)N1CCN(Cc2nc3sc(C)c(C)c3c(=O)[nH]2)CC1. The van der Waals surface area contributed by atoms with Crippen molar-refractivity contribution in [2.45, 2.75) is 27.3 Å². The van der Waals surface area contributed by atoms with Gasteiger partial charge in [0.05, 0.1) is 11.9 Å². The van der Waals surface area contributed by atoms with Crippen molar-refractivity contribution in [1.29, 1.82) is 0 Å². The number of hydrogen-bond acceptors (Lipinski definition) is 5. The number of rotatable bonds is 2. The van der Waals surface area contributed by atoms with Gasteiger partial charge in [0.25, 0.3) is 5.56 Å². The summed E-state index contributed by atoms with van der Waals surface area (Å²) in [7, 11) is 0. The van der Waals surface area contributed by atoms with Crippen LogP contribution in [-0.2, 0) is 11.3 Å². The van der Waals surface area contributed by atoms with E-state index >= 15 is 0 Å². The molecule has 0 aliphatic carbocycles. The van der Waals surface area contributed by atoms with Crippen molar-refractivity contribution in [2.24, 2.45) is 0 Å². The molecule has 7 heteroatoms. The molecule has 1 saturated heterocycles. The fourth-order valence-electron chi connectivity index (χ4n) is 2.81. The molecule has 0 unspecified atom stereocenters. The van der Waals surface area contributed by atoms with Gasteiger partial charge >= 0.3 is 0 Å². The summed E-state index contributed by atoms with van der Waals surface area (Å²) >= 11 is 1.57. The van der Waals surface area contributed by atoms with E-state index in [4.69, 9.17) is 0 Å². The zero-order valence-electron chi connectivity index (χ0n) is 13.1. The minimum atomic E-state index is -0.0516. The number of fused-ring (bicyclic) bond motifs is 1. The van der Waals surface area contributed by atoms with Gasteiger partial charge in [0, 0.05) is 38.0 Å². The summed E-state index contributed by atoms with van der Waals surface area (Å²) in [6, 6.07) is 0. The fourth-order valence-corrected chi connectivity index (χ4v) is 3.86. The van der Waals surface area contributed by atoms with Crippen LogP contribution in [0.15, 0.2) is 4.79 Å². The van der Waals surface area contributed by atoms with Crippen molar-refractivity contribution >= 4 is 27.5 Å². The Labute approximate surface area is 132 Å². The van der Waals surface area contributed by atoms with E-state index in [1.54, 1.807) is 18.3 Å². The molecule has 2 aromatic rings. The van der Waals surface area contributed by atoms with Crippen LogP contribution in [0.1, 0.15) is 23.2 Å². The predicted molar refractivity (Wildman–Crippen MR) is 87.2 cm³/mol. The van der Waals surface area contributed by atoms with Crippen molar-refractivity contribution in [3.8, 4) is 0 Å². The van der Waals surface area contributed by atoms with Crippen molar-refractivity contribution in [2.75, 3.05) is 26.2 Å². The average Bonchev–Trinajstić information content (AvgIpc) is 2.75. The van der Waals surface area contributed by atoms with Gasteiger partial charge < -0.3 is 9.88 Å². The number of piperazine rings is 1. The topological polar surface area (TPSA) is 69.3 Å². The predicted octanol–water partition coefficient (Wildman–Crippen LogP) is 1.27. The van der Waals surface area contributed by atoms with Crippen molar-refractivity contribution in [3.05, 3.63) is 26.6 Å². The van der Waals surface area contributed by atoms with Crippen molar-refractivity contribution < 1.29 is 4.79 Å². The molecule has 0 bridgehead atoms. The van der Waals surface area contributed by atoms with Crippen LogP contribution in [0.4, 0.5) is 0 Å². The third kappa shape index (κ3) is 2.78. The van der Waals surface area contributed by atoms with Crippen LogP contribution >= 0.6 is 11.3 Å². The number of hydrogen-bond donors (Lipinski definition) is 1. The first-order valence-electron chi connectivity index (χ1n) is 7.42. The van der Waals surface area contributed by atoms with Gasteiger partial charge in [0.1, 0.15) is 10.7 Å². The number of carbonyl (C=O) groups is 1. The summed E-state index contributed by atoms with van der Waals surface area (Å²) in [5, 5.41) is 0.715. The van der Waals surface area contributed by atoms with Crippen LogP contribution in [0, 0.1) is 13.8 Å². The number of aryl methyl sites for hydroxylation is 2. The van der Waals surface area contributed by atoms with Gasteiger partial charge in [-0.1, -0.05) is 0 Å². The Balaban J connectivity index is 1.78. The third-order valence-corrected chi connectivity index (χ3v) is 5.38. The molecule has 0 radical (unpaired) electrons. The molecule has 0 aromatic carbocycles. The van der Waals surface area contributed by atoms with Gasteiger partial charge in [-0.05, 0) is 19.4 Å². The van der Waals surface area contributed by atoms with E-state index in [1.165, 1.54) is 0 Å².